The second-order valence-electron chi connectivity index (χ2n) is 3.73. The van der Waals surface area contributed by atoms with E-state index >= 15 is 0 Å². The summed E-state index contributed by atoms with van der Waals surface area (Å²) in [7, 11) is 0. The molecule has 1 fully saturated rings. The molecule has 1 aromatic heterocycles. The van der Waals surface area contributed by atoms with Gasteiger partial charge in [-0.3, -0.25) is 4.79 Å². The number of carbonyl (C=O) groups excluding carboxylic acids is 1. The first-order valence-electron chi connectivity index (χ1n) is 5.45. The lowest BCUT2D eigenvalue weighted by Gasteiger charge is -2.19. The summed E-state index contributed by atoms with van der Waals surface area (Å²) >= 11 is 0. The average molecular weight is 258 g/mol. The van der Waals surface area contributed by atoms with Crippen molar-refractivity contribution in [1.82, 2.24) is 15.5 Å². The number of nitrogens with one attached hydrogen (secondary N) is 1. The van der Waals surface area contributed by atoms with Crippen LogP contribution in [0.2, 0.25) is 0 Å². The minimum absolute atomic E-state index is 0.0952. The SMILES string of the molecule is O=C1CN(c2ccc(OC(F)F)nn2)CCCN1. The van der Waals surface area contributed by atoms with Crippen molar-refractivity contribution in [2.45, 2.75) is 13.0 Å². The van der Waals surface area contributed by atoms with Gasteiger partial charge in [-0.1, -0.05) is 0 Å². The van der Waals surface area contributed by atoms with Crippen LogP contribution in [0.25, 0.3) is 0 Å². The average Bonchev–Trinajstić information content (AvgIpc) is 2.54. The molecular formula is C10H12F2N4O2. The van der Waals surface area contributed by atoms with Gasteiger partial charge < -0.3 is 15.0 Å². The van der Waals surface area contributed by atoms with E-state index in [1.165, 1.54) is 12.1 Å². The Morgan fingerprint density at radius 2 is 2.22 bits per heavy atom. The van der Waals surface area contributed by atoms with E-state index in [1.54, 1.807) is 4.90 Å². The summed E-state index contributed by atoms with van der Waals surface area (Å²) in [5, 5.41) is 10.0. The number of rotatable bonds is 3. The molecule has 18 heavy (non-hydrogen) atoms. The zero-order valence-electron chi connectivity index (χ0n) is 9.47. The fourth-order valence-corrected chi connectivity index (χ4v) is 1.64. The number of halogens is 2. The van der Waals surface area contributed by atoms with Crippen molar-refractivity contribution >= 4 is 11.7 Å². The van der Waals surface area contributed by atoms with E-state index in [1.807, 2.05) is 0 Å². The smallest absolute Gasteiger partial charge is 0.388 e. The van der Waals surface area contributed by atoms with Crippen molar-refractivity contribution < 1.29 is 18.3 Å². The number of aromatic nitrogens is 2. The zero-order valence-corrected chi connectivity index (χ0v) is 9.47. The summed E-state index contributed by atoms with van der Waals surface area (Å²) in [5.74, 6) is 0.129. The fraction of sp³-hybridized carbons (Fsp3) is 0.500. The molecule has 0 unspecified atom stereocenters. The number of ether oxygens (including phenoxy) is 1. The molecule has 0 atom stereocenters. The first-order valence-corrected chi connectivity index (χ1v) is 5.45. The van der Waals surface area contributed by atoms with Gasteiger partial charge in [-0.15, -0.1) is 10.2 Å². The molecule has 1 aliphatic rings. The molecule has 0 aliphatic carbocycles. The highest BCUT2D eigenvalue weighted by Crippen LogP contribution is 2.15. The molecule has 1 N–H and O–H groups in total. The van der Waals surface area contributed by atoms with Gasteiger partial charge in [0, 0.05) is 19.2 Å². The van der Waals surface area contributed by atoms with Crippen LogP contribution in [0, 0.1) is 0 Å². The van der Waals surface area contributed by atoms with Crippen LogP contribution >= 0.6 is 0 Å². The largest absolute Gasteiger partial charge is 0.415 e. The minimum atomic E-state index is -2.92. The van der Waals surface area contributed by atoms with E-state index in [0.717, 1.165) is 6.42 Å². The summed E-state index contributed by atoms with van der Waals surface area (Å²) in [6.45, 7) is -1.46. The van der Waals surface area contributed by atoms with Crippen LogP contribution in [-0.4, -0.2) is 42.4 Å². The molecular weight excluding hydrogens is 246 g/mol. The van der Waals surface area contributed by atoms with E-state index in [4.69, 9.17) is 0 Å². The number of amides is 1. The minimum Gasteiger partial charge on any atom is -0.415 e. The molecule has 0 radical (unpaired) electrons. The first-order chi connectivity index (χ1) is 8.65. The molecule has 2 rings (SSSR count). The summed E-state index contributed by atoms with van der Waals surface area (Å²) < 4.78 is 28.0. The van der Waals surface area contributed by atoms with Gasteiger partial charge in [0.1, 0.15) is 0 Å². The molecule has 1 aromatic rings. The van der Waals surface area contributed by atoms with Crippen molar-refractivity contribution in [2.24, 2.45) is 0 Å². The van der Waals surface area contributed by atoms with Crippen molar-refractivity contribution in [3.63, 3.8) is 0 Å². The standard InChI is InChI=1S/C10H12F2N4O2/c11-10(12)18-9-3-2-7(14-15-9)16-5-1-4-13-8(17)6-16/h2-3,10H,1,4-6H2,(H,13,17). The van der Waals surface area contributed by atoms with Gasteiger partial charge in [0.25, 0.3) is 0 Å². The molecule has 1 aliphatic heterocycles. The molecule has 0 bridgehead atoms. The molecule has 1 saturated heterocycles. The zero-order chi connectivity index (χ0) is 13.0. The van der Waals surface area contributed by atoms with Crippen molar-refractivity contribution in [3.8, 4) is 5.88 Å². The van der Waals surface area contributed by atoms with E-state index < -0.39 is 6.61 Å². The van der Waals surface area contributed by atoms with Crippen LogP contribution in [0.3, 0.4) is 0 Å². The molecule has 1 amide bonds. The Balaban J connectivity index is 2.05. The molecule has 2 heterocycles. The summed E-state index contributed by atoms with van der Waals surface area (Å²) in [5.41, 5.74) is 0. The quantitative estimate of drug-likeness (QED) is 0.850. The van der Waals surface area contributed by atoms with Crippen molar-refractivity contribution in [2.75, 3.05) is 24.5 Å². The third-order valence-corrected chi connectivity index (χ3v) is 2.42. The normalized spacial score (nSPS) is 16.4. The maximum Gasteiger partial charge on any atom is 0.388 e. The number of carbonyl (C=O) groups is 1. The van der Waals surface area contributed by atoms with Gasteiger partial charge in [0.15, 0.2) is 5.82 Å². The van der Waals surface area contributed by atoms with Crippen LogP contribution in [0.15, 0.2) is 12.1 Å². The van der Waals surface area contributed by atoms with Crippen LogP contribution < -0.4 is 15.0 Å². The van der Waals surface area contributed by atoms with Crippen LogP contribution in [-0.2, 0) is 4.79 Å². The molecule has 0 aromatic carbocycles. The number of hydrogen-bond acceptors (Lipinski definition) is 5. The monoisotopic (exact) mass is 258 g/mol. The van der Waals surface area contributed by atoms with E-state index in [-0.39, 0.29) is 18.3 Å². The Morgan fingerprint density at radius 1 is 1.39 bits per heavy atom. The Morgan fingerprint density at radius 3 is 2.89 bits per heavy atom. The van der Waals surface area contributed by atoms with Crippen LogP contribution in [0.4, 0.5) is 14.6 Å². The fourth-order valence-electron chi connectivity index (χ4n) is 1.64. The summed E-state index contributed by atoms with van der Waals surface area (Å²) in [6.07, 6.45) is 0.794. The number of anilines is 1. The van der Waals surface area contributed by atoms with Gasteiger partial charge >= 0.3 is 6.61 Å². The third-order valence-electron chi connectivity index (χ3n) is 2.42. The maximum absolute atomic E-state index is 11.9. The van der Waals surface area contributed by atoms with Gasteiger partial charge in [-0.25, -0.2) is 0 Å². The third kappa shape index (κ3) is 3.25. The Bertz CT molecular complexity index is 413. The van der Waals surface area contributed by atoms with Crippen molar-refractivity contribution in [1.29, 1.82) is 0 Å². The van der Waals surface area contributed by atoms with Crippen LogP contribution in [0.1, 0.15) is 6.42 Å². The summed E-state index contributed by atoms with van der Waals surface area (Å²) in [6, 6.07) is 2.81. The van der Waals surface area contributed by atoms with E-state index in [0.29, 0.717) is 18.9 Å². The Hall–Kier alpha value is -1.99. The topological polar surface area (TPSA) is 67.4 Å². The van der Waals surface area contributed by atoms with E-state index in [9.17, 15) is 13.6 Å². The second kappa shape index (κ2) is 5.56. The second-order valence-corrected chi connectivity index (χ2v) is 3.73. The molecule has 6 nitrogen and oxygen atoms in total. The molecule has 0 spiro atoms. The predicted octanol–water partition coefficient (Wildman–Crippen LogP) is 0.404. The predicted molar refractivity (Wildman–Crippen MR) is 58.5 cm³/mol. The highest BCUT2D eigenvalue weighted by Gasteiger charge is 2.16. The highest BCUT2D eigenvalue weighted by molar-refractivity contribution is 5.81. The first kappa shape index (κ1) is 12.5. The molecule has 0 saturated carbocycles. The van der Waals surface area contributed by atoms with Crippen molar-refractivity contribution in [3.05, 3.63) is 12.1 Å². The maximum atomic E-state index is 11.9. The number of nitrogens with zero attached hydrogens (tertiary/aromatic N) is 3. The molecule has 98 valence electrons. The van der Waals surface area contributed by atoms with E-state index in [2.05, 4.69) is 20.3 Å². The lowest BCUT2D eigenvalue weighted by molar-refractivity contribution is -0.119. The van der Waals surface area contributed by atoms with Gasteiger partial charge in [0.05, 0.1) is 6.54 Å². The lowest BCUT2D eigenvalue weighted by Crippen LogP contribution is -2.33. The van der Waals surface area contributed by atoms with Gasteiger partial charge in [0.2, 0.25) is 11.8 Å². The Kier molecular flexibility index (Phi) is 3.85. The van der Waals surface area contributed by atoms with Gasteiger partial charge in [-0.2, -0.15) is 8.78 Å². The number of alkyl halides is 2. The summed E-state index contributed by atoms with van der Waals surface area (Å²) in [4.78, 5) is 13.1. The lowest BCUT2D eigenvalue weighted by atomic mass is 10.4. The molecule has 8 heteroatoms. The van der Waals surface area contributed by atoms with Crippen LogP contribution in [0.5, 0.6) is 5.88 Å². The Labute approximate surface area is 102 Å². The number of hydrogen-bond donors (Lipinski definition) is 1. The van der Waals surface area contributed by atoms with Gasteiger partial charge in [-0.05, 0) is 12.5 Å². The highest BCUT2D eigenvalue weighted by atomic mass is 19.3.